The molecule has 1 aromatic rings. The van der Waals surface area contributed by atoms with Gasteiger partial charge in [-0.25, -0.2) is 9.97 Å². The average molecular weight is 248 g/mol. The molecule has 0 radical (unpaired) electrons. The van der Waals surface area contributed by atoms with E-state index in [0.717, 1.165) is 36.4 Å². The molecule has 0 amide bonds. The molecular weight excluding hydrogens is 224 g/mol. The van der Waals surface area contributed by atoms with Crippen molar-refractivity contribution in [3.8, 4) is 0 Å². The molecule has 2 atom stereocenters. The van der Waals surface area contributed by atoms with E-state index in [9.17, 15) is 0 Å². The average Bonchev–Trinajstić information content (AvgIpc) is 3.03. The SMILES string of the molecule is CC(C)NCc1cnc(N(C)CC2CC2C)nc1. The van der Waals surface area contributed by atoms with Gasteiger partial charge >= 0.3 is 0 Å². The van der Waals surface area contributed by atoms with Crippen LogP contribution in [0, 0.1) is 11.8 Å². The van der Waals surface area contributed by atoms with Gasteiger partial charge in [0.2, 0.25) is 5.95 Å². The van der Waals surface area contributed by atoms with Crippen LogP contribution in [0.25, 0.3) is 0 Å². The monoisotopic (exact) mass is 248 g/mol. The molecule has 18 heavy (non-hydrogen) atoms. The summed E-state index contributed by atoms with van der Waals surface area (Å²) in [7, 11) is 2.08. The van der Waals surface area contributed by atoms with E-state index in [1.165, 1.54) is 6.42 Å². The van der Waals surface area contributed by atoms with Crippen molar-refractivity contribution in [2.75, 3.05) is 18.5 Å². The number of aromatic nitrogens is 2. The van der Waals surface area contributed by atoms with Crippen LogP contribution in [-0.2, 0) is 6.54 Å². The predicted molar refractivity (Wildman–Crippen MR) is 74.5 cm³/mol. The summed E-state index contributed by atoms with van der Waals surface area (Å²) in [5, 5.41) is 3.36. The Hall–Kier alpha value is -1.16. The Kier molecular flexibility index (Phi) is 4.17. The van der Waals surface area contributed by atoms with E-state index in [-0.39, 0.29) is 0 Å². The fourth-order valence-electron chi connectivity index (χ4n) is 2.05. The van der Waals surface area contributed by atoms with Crippen molar-refractivity contribution in [2.45, 2.75) is 39.8 Å². The van der Waals surface area contributed by atoms with Gasteiger partial charge in [-0.1, -0.05) is 20.8 Å². The van der Waals surface area contributed by atoms with Crippen molar-refractivity contribution in [2.24, 2.45) is 11.8 Å². The van der Waals surface area contributed by atoms with Gasteiger partial charge in [-0.3, -0.25) is 0 Å². The molecule has 4 heteroatoms. The first kappa shape index (κ1) is 13.3. The Morgan fingerprint density at radius 1 is 1.39 bits per heavy atom. The minimum atomic E-state index is 0.490. The molecule has 4 nitrogen and oxygen atoms in total. The van der Waals surface area contributed by atoms with Gasteiger partial charge in [-0.05, 0) is 18.3 Å². The summed E-state index contributed by atoms with van der Waals surface area (Å²) in [5.74, 6) is 2.55. The third kappa shape index (κ3) is 3.67. The van der Waals surface area contributed by atoms with Crippen LogP contribution >= 0.6 is 0 Å². The number of nitrogens with zero attached hydrogens (tertiary/aromatic N) is 3. The molecule has 0 spiro atoms. The molecule has 1 heterocycles. The second-order valence-corrected chi connectivity index (χ2v) is 5.78. The zero-order chi connectivity index (χ0) is 13.1. The first-order chi connectivity index (χ1) is 8.56. The zero-order valence-corrected chi connectivity index (χ0v) is 11.8. The van der Waals surface area contributed by atoms with Gasteiger partial charge in [0.25, 0.3) is 0 Å². The summed E-state index contributed by atoms with van der Waals surface area (Å²) >= 11 is 0. The lowest BCUT2D eigenvalue weighted by Crippen LogP contribution is -2.24. The van der Waals surface area contributed by atoms with E-state index in [0.29, 0.717) is 6.04 Å². The molecule has 1 fully saturated rings. The highest BCUT2D eigenvalue weighted by molar-refractivity contribution is 5.29. The highest BCUT2D eigenvalue weighted by atomic mass is 15.2. The molecule has 0 aliphatic heterocycles. The molecule has 2 rings (SSSR count). The number of rotatable bonds is 6. The summed E-state index contributed by atoms with van der Waals surface area (Å²) in [6.07, 6.45) is 5.19. The summed E-state index contributed by atoms with van der Waals surface area (Å²) < 4.78 is 0. The van der Waals surface area contributed by atoms with Gasteiger partial charge in [0, 0.05) is 44.1 Å². The second kappa shape index (κ2) is 5.65. The fourth-order valence-corrected chi connectivity index (χ4v) is 2.05. The van der Waals surface area contributed by atoms with Crippen LogP contribution < -0.4 is 10.2 Å². The lowest BCUT2D eigenvalue weighted by atomic mass is 10.3. The van der Waals surface area contributed by atoms with Crippen molar-refractivity contribution >= 4 is 5.95 Å². The highest BCUT2D eigenvalue weighted by Gasteiger charge is 2.33. The largest absolute Gasteiger partial charge is 0.344 e. The van der Waals surface area contributed by atoms with Gasteiger partial charge in [0.15, 0.2) is 0 Å². The summed E-state index contributed by atoms with van der Waals surface area (Å²) in [6.45, 7) is 8.49. The minimum Gasteiger partial charge on any atom is -0.344 e. The van der Waals surface area contributed by atoms with Crippen molar-refractivity contribution in [1.29, 1.82) is 0 Å². The molecule has 1 aliphatic carbocycles. The number of anilines is 1. The normalized spacial score (nSPS) is 22.3. The third-order valence-corrected chi connectivity index (χ3v) is 3.53. The maximum atomic E-state index is 4.44. The van der Waals surface area contributed by atoms with E-state index in [1.54, 1.807) is 0 Å². The van der Waals surface area contributed by atoms with Crippen molar-refractivity contribution in [3.63, 3.8) is 0 Å². The number of hydrogen-bond donors (Lipinski definition) is 1. The smallest absolute Gasteiger partial charge is 0.225 e. The molecule has 1 aromatic heterocycles. The van der Waals surface area contributed by atoms with E-state index in [4.69, 9.17) is 0 Å². The third-order valence-electron chi connectivity index (χ3n) is 3.53. The standard InChI is InChI=1S/C14H24N4/c1-10(2)15-6-12-7-16-14(17-8-12)18(4)9-13-5-11(13)3/h7-8,10-11,13,15H,5-6,9H2,1-4H3. The molecule has 1 aliphatic rings. The lowest BCUT2D eigenvalue weighted by Gasteiger charge is -2.17. The van der Waals surface area contributed by atoms with E-state index >= 15 is 0 Å². The summed E-state index contributed by atoms with van der Waals surface area (Å²) in [5.41, 5.74) is 1.14. The molecule has 0 bridgehead atoms. The Morgan fingerprint density at radius 2 is 2.00 bits per heavy atom. The topological polar surface area (TPSA) is 41.1 Å². The Labute approximate surface area is 110 Å². The Bertz CT molecular complexity index is 374. The van der Waals surface area contributed by atoms with Gasteiger partial charge in [0.1, 0.15) is 0 Å². The first-order valence-corrected chi connectivity index (χ1v) is 6.81. The van der Waals surface area contributed by atoms with Gasteiger partial charge in [0.05, 0.1) is 0 Å². The van der Waals surface area contributed by atoms with Crippen LogP contribution in [0.2, 0.25) is 0 Å². The van der Waals surface area contributed by atoms with Crippen LogP contribution in [0.3, 0.4) is 0 Å². The minimum absolute atomic E-state index is 0.490. The Morgan fingerprint density at radius 3 is 2.50 bits per heavy atom. The maximum absolute atomic E-state index is 4.44. The molecule has 2 unspecified atom stereocenters. The summed E-state index contributed by atoms with van der Waals surface area (Å²) in [6, 6.07) is 0.490. The van der Waals surface area contributed by atoms with Gasteiger partial charge < -0.3 is 10.2 Å². The predicted octanol–water partition coefficient (Wildman–Crippen LogP) is 2.07. The Balaban J connectivity index is 1.86. The van der Waals surface area contributed by atoms with Crippen LogP contribution in [0.15, 0.2) is 12.4 Å². The molecule has 0 saturated heterocycles. The van der Waals surface area contributed by atoms with Gasteiger partial charge in [-0.15, -0.1) is 0 Å². The fraction of sp³-hybridized carbons (Fsp3) is 0.714. The molecule has 1 N–H and O–H groups in total. The summed E-state index contributed by atoms with van der Waals surface area (Å²) in [4.78, 5) is 11.0. The van der Waals surface area contributed by atoms with Crippen LogP contribution in [0.5, 0.6) is 0 Å². The van der Waals surface area contributed by atoms with Crippen LogP contribution in [0.1, 0.15) is 32.8 Å². The first-order valence-electron chi connectivity index (χ1n) is 6.81. The highest BCUT2D eigenvalue weighted by Crippen LogP contribution is 2.38. The molecular formula is C14H24N4. The van der Waals surface area contributed by atoms with E-state index < -0.39 is 0 Å². The maximum Gasteiger partial charge on any atom is 0.225 e. The second-order valence-electron chi connectivity index (χ2n) is 5.78. The lowest BCUT2D eigenvalue weighted by molar-refractivity contribution is 0.586. The van der Waals surface area contributed by atoms with Crippen molar-refractivity contribution < 1.29 is 0 Å². The van der Waals surface area contributed by atoms with Crippen molar-refractivity contribution in [1.82, 2.24) is 15.3 Å². The number of nitrogens with one attached hydrogen (secondary N) is 1. The molecule has 1 saturated carbocycles. The quantitative estimate of drug-likeness (QED) is 0.836. The molecule has 0 aromatic carbocycles. The number of hydrogen-bond acceptors (Lipinski definition) is 4. The van der Waals surface area contributed by atoms with Crippen LogP contribution in [-0.4, -0.2) is 29.6 Å². The van der Waals surface area contributed by atoms with Crippen molar-refractivity contribution in [3.05, 3.63) is 18.0 Å². The molecule has 100 valence electrons. The zero-order valence-electron chi connectivity index (χ0n) is 11.8. The van der Waals surface area contributed by atoms with E-state index in [2.05, 4.69) is 48.0 Å². The van der Waals surface area contributed by atoms with E-state index in [1.807, 2.05) is 12.4 Å². The van der Waals surface area contributed by atoms with Gasteiger partial charge in [-0.2, -0.15) is 0 Å². The van der Waals surface area contributed by atoms with Crippen LogP contribution in [0.4, 0.5) is 5.95 Å².